The highest BCUT2D eigenvalue weighted by molar-refractivity contribution is 6.30. The number of nitrogens with one attached hydrogen (secondary N) is 1. The first kappa shape index (κ1) is 14.2. The molecular formula is C16H20ClNO. The average molecular weight is 278 g/mol. The van der Waals surface area contributed by atoms with Crippen molar-refractivity contribution in [3.8, 4) is 0 Å². The molecule has 0 radical (unpaired) electrons. The van der Waals surface area contributed by atoms with Crippen molar-refractivity contribution in [1.82, 2.24) is 5.32 Å². The molecule has 1 unspecified atom stereocenters. The van der Waals surface area contributed by atoms with E-state index in [1.165, 1.54) is 11.1 Å². The second-order valence-corrected chi connectivity index (χ2v) is 5.03. The topological polar surface area (TPSA) is 25.2 Å². The molecule has 0 saturated heterocycles. The quantitative estimate of drug-likeness (QED) is 0.847. The summed E-state index contributed by atoms with van der Waals surface area (Å²) in [6.45, 7) is 5.17. The molecule has 2 nitrogen and oxygen atoms in total. The lowest BCUT2D eigenvalue weighted by Crippen LogP contribution is -2.23. The largest absolute Gasteiger partial charge is 0.469 e. The summed E-state index contributed by atoms with van der Waals surface area (Å²) in [5.41, 5.74) is 2.49. The van der Waals surface area contributed by atoms with E-state index in [2.05, 4.69) is 31.3 Å². The molecule has 102 valence electrons. The summed E-state index contributed by atoms with van der Waals surface area (Å²) < 4.78 is 5.54. The van der Waals surface area contributed by atoms with Crippen molar-refractivity contribution in [2.75, 3.05) is 6.54 Å². The van der Waals surface area contributed by atoms with Crippen LogP contribution >= 0.6 is 11.6 Å². The van der Waals surface area contributed by atoms with E-state index in [-0.39, 0.29) is 6.04 Å². The van der Waals surface area contributed by atoms with E-state index in [1.54, 1.807) is 6.26 Å². The van der Waals surface area contributed by atoms with Gasteiger partial charge in [-0.3, -0.25) is 0 Å². The lowest BCUT2D eigenvalue weighted by atomic mass is 9.98. The van der Waals surface area contributed by atoms with Gasteiger partial charge in [-0.1, -0.05) is 37.6 Å². The number of rotatable bonds is 6. The molecule has 0 aliphatic carbocycles. The van der Waals surface area contributed by atoms with Crippen LogP contribution in [0.2, 0.25) is 5.02 Å². The van der Waals surface area contributed by atoms with Crippen molar-refractivity contribution < 1.29 is 4.42 Å². The first-order chi connectivity index (χ1) is 9.24. The Morgan fingerprint density at radius 1 is 1.26 bits per heavy atom. The summed E-state index contributed by atoms with van der Waals surface area (Å²) in [6, 6.07) is 10.4. The Kier molecular flexibility index (Phi) is 5.06. The highest BCUT2D eigenvalue weighted by Crippen LogP contribution is 2.24. The molecule has 2 aromatic rings. The van der Waals surface area contributed by atoms with Crippen LogP contribution in [0.15, 0.2) is 41.0 Å². The summed E-state index contributed by atoms with van der Waals surface area (Å²) in [4.78, 5) is 0. The van der Waals surface area contributed by atoms with E-state index >= 15 is 0 Å². The third-order valence-electron chi connectivity index (χ3n) is 3.26. The molecule has 0 spiro atoms. The summed E-state index contributed by atoms with van der Waals surface area (Å²) in [5, 5.41) is 4.31. The van der Waals surface area contributed by atoms with E-state index in [0.29, 0.717) is 0 Å². The molecule has 0 amide bonds. The Bertz CT molecular complexity index is 521. The first-order valence-electron chi connectivity index (χ1n) is 6.78. The van der Waals surface area contributed by atoms with E-state index in [4.69, 9.17) is 16.0 Å². The standard InChI is InChI=1S/C16H20ClNO/c1-3-16-14(8-9-19-16)15(18-4-2)11-12-6-5-7-13(17)10-12/h5-10,15,18H,3-4,11H2,1-2H3. The Hall–Kier alpha value is -1.25. The van der Waals surface area contributed by atoms with Crippen LogP contribution in [-0.2, 0) is 12.8 Å². The molecule has 2 rings (SSSR count). The van der Waals surface area contributed by atoms with Gasteiger partial charge in [0.2, 0.25) is 0 Å². The van der Waals surface area contributed by atoms with Gasteiger partial charge >= 0.3 is 0 Å². The average Bonchev–Trinajstić information content (AvgIpc) is 2.86. The van der Waals surface area contributed by atoms with Crippen molar-refractivity contribution >= 4 is 11.6 Å². The maximum absolute atomic E-state index is 6.05. The predicted molar refractivity (Wildman–Crippen MR) is 79.7 cm³/mol. The first-order valence-corrected chi connectivity index (χ1v) is 7.16. The summed E-state index contributed by atoms with van der Waals surface area (Å²) >= 11 is 6.05. The van der Waals surface area contributed by atoms with E-state index < -0.39 is 0 Å². The van der Waals surface area contributed by atoms with Crippen molar-refractivity contribution in [2.45, 2.75) is 32.7 Å². The molecule has 0 aliphatic rings. The predicted octanol–water partition coefficient (Wildman–Crippen LogP) is 4.39. The van der Waals surface area contributed by atoms with Crippen LogP contribution < -0.4 is 5.32 Å². The SMILES string of the molecule is CCNC(Cc1cccc(Cl)c1)c1ccoc1CC. The van der Waals surface area contributed by atoms with Crippen LogP contribution in [0, 0.1) is 0 Å². The van der Waals surface area contributed by atoms with Crippen molar-refractivity contribution in [3.05, 3.63) is 58.5 Å². The maximum Gasteiger partial charge on any atom is 0.108 e. The number of hydrogen-bond donors (Lipinski definition) is 1. The molecule has 0 aliphatic heterocycles. The second kappa shape index (κ2) is 6.78. The molecule has 1 N–H and O–H groups in total. The Labute approximate surface area is 119 Å². The van der Waals surface area contributed by atoms with Gasteiger partial charge in [-0.05, 0) is 36.7 Å². The van der Waals surface area contributed by atoms with Crippen LogP contribution in [0.3, 0.4) is 0 Å². The van der Waals surface area contributed by atoms with E-state index in [0.717, 1.165) is 30.2 Å². The monoisotopic (exact) mass is 277 g/mol. The van der Waals surface area contributed by atoms with Gasteiger partial charge in [0.15, 0.2) is 0 Å². The van der Waals surface area contributed by atoms with Crippen molar-refractivity contribution in [1.29, 1.82) is 0 Å². The molecule has 1 atom stereocenters. The molecule has 1 heterocycles. The molecular weight excluding hydrogens is 258 g/mol. The minimum Gasteiger partial charge on any atom is -0.469 e. The Morgan fingerprint density at radius 2 is 2.11 bits per heavy atom. The zero-order valence-corrected chi connectivity index (χ0v) is 12.2. The van der Waals surface area contributed by atoms with E-state index in [9.17, 15) is 0 Å². The normalized spacial score (nSPS) is 12.6. The zero-order valence-electron chi connectivity index (χ0n) is 11.4. The summed E-state index contributed by atoms with van der Waals surface area (Å²) in [6.07, 6.45) is 3.61. The molecule has 19 heavy (non-hydrogen) atoms. The zero-order chi connectivity index (χ0) is 13.7. The van der Waals surface area contributed by atoms with Crippen molar-refractivity contribution in [2.24, 2.45) is 0 Å². The fourth-order valence-electron chi connectivity index (χ4n) is 2.39. The second-order valence-electron chi connectivity index (χ2n) is 4.60. The molecule has 1 aromatic carbocycles. The third kappa shape index (κ3) is 3.62. The molecule has 0 bridgehead atoms. The van der Waals surface area contributed by atoms with Gasteiger partial charge in [0, 0.05) is 23.0 Å². The summed E-state index contributed by atoms with van der Waals surface area (Å²) in [5.74, 6) is 1.06. The number of aryl methyl sites for hydroxylation is 1. The minimum atomic E-state index is 0.275. The lowest BCUT2D eigenvalue weighted by molar-refractivity contribution is 0.487. The fraction of sp³-hybridized carbons (Fsp3) is 0.375. The molecule has 0 fully saturated rings. The van der Waals surface area contributed by atoms with Gasteiger partial charge in [-0.2, -0.15) is 0 Å². The van der Waals surface area contributed by atoms with Crippen LogP contribution in [0.4, 0.5) is 0 Å². The maximum atomic E-state index is 6.05. The number of hydrogen-bond acceptors (Lipinski definition) is 2. The minimum absolute atomic E-state index is 0.275. The van der Waals surface area contributed by atoms with Crippen molar-refractivity contribution in [3.63, 3.8) is 0 Å². The van der Waals surface area contributed by atoms with Gasteiger partial charge in [-0.15, -0.1) is 0 Å². The Balaban J connectivity index is 2.21. The van der Waals surface area contributed by atoms with Crippen LogP contribution in [0.25, 0.3) is 0 Å². The number of likely N-dealkylation sites (N-methyl/N-ethyl adjacent to an activating group) is 1. The van der Waals surface area contributed by atoms with E-state index in [1.807, 2.05) is 18.2 Å². The smallest absolute Gasteiger partial charge is 0.108 e. The Morgan fingerprint density at radius 3 is 2.79 bits per heavy atom. The van der Waals surface area contributed by atoms with Gasteiger partial charge in [0.25, 0.3) is 0 Å². The highest BCUT2D eigenvalue weighted by Gasteiger charge is 2.16. The number of furan rings is 1. The van der Waals surface area contributed by atoms with Crippen LogP contribution in [-0.4, -0.2) is 6.54 Å². The van der Waals surface area contributed by atoms with Gasteiger partial charge < -0.3 is 9.73 Å². The number of benzene rings is 1. The van der Waals surface area contributed by atoms with Gasteiger partial charge in [-0.25, -0.2) is 0 Å². The van der Waals surface area contributed by atoms with Crippen LogP contribution in [0.1, 0.15) is 36.8 Å². The third-order valence-corrected chi connectivity index (χ3v) is 3.49. The highest BCUT2D eigenvalue weighted by atomic mass is 35.5. The molecule has 0 saturated carbocycles. The van der Waals surface area contributed by atoms with Crippen LogP contribution in [0.5, 0.6) is 0 Å². The molecule has 1 aromatic heterocycles. The van der Waals surface area contributed by atoms with Gasteiger partial charge in [0.05, 0.1) is 6.26 Å². The fourth-order valence-corrected chi connectivity index (χ4v) is 2.60. The van der Waals surface area contributed by atoms with Gasteiger partial charge in [0.1, 0.15) is 5.76 Å². The summed E-state index contributed by atoms with van der Waals surface area (Å²) in [7, 11) is 0. The number of halogens is 1. The lowest BCUT2D eigenvalue weighted by Gasteiger charge is -2.18. The molecule has 3 heteroatoms.